The maximum atomic E-state index is 13.1. The van der Waals surface area contributed by atoms with E-state index in [0.29, 0.717) is 35.6 Å². The fourth-order valence-corrected chi connectivity index (χ4v) is 4.57. The van der Waals surface area contributed by atoms with Crippen molar-refractivity contribution in [1.82, 2.24) is 4.90 Å². The number of fused-ring (bicyclic) bond motifs is 3. The van der Waals surface area contributed by atoms with Crippen LogP contribution in [0.4, 0.5) is 0 Å². The van der Waals surface area contributed by atoms with E-state index in [-0.39, 0.29) is 11.5 Å². The van der Waals surface area contributed by atoms with Crippen LogP contribution >= 0.6 is 0 Å². The number of methoxy groups -OCH3 is 2. The number of ether oxygens (including phenoxy) is 4. The summed E-state index contributed by atoms with van der Waals surface area (Å²) in [4.78, 5) is 15.4. The number of hydrogen-bond acceptors (Lipinski definition) is 6. The van der Waals surface area contributed by atoms with Gasteiger partial charge in [-0.05, 0) is 49.2 Å². The molecule has 6 heteroatoms. The molecule has 2 aromatic rings. The molecule has 0 saturated heterocycles. The first-order valence-corrected chi connectivity index (χ1v) is 10.4. The Hall–Kier alpha value is -2.99. The van der Waals surface area contributed by atoms with Crippen LogP contribution in [-0.4, -0.2) is 37.7 Å². The molecular formula is C24H25NO5. The SMILES string of the molecule is COc1ccc(OC)c(/C=C2\Oc3c(ccc4c3CN(C3CCCC3)CO4)C2=O)c1. The van der Waals surface area contributed by atoms with Crippen LogP contribution in [0, 0.1) is 0 Å². The molecule has 1 aliphatic carbocycles. The number of carbonyl (C=O) groups is 1. The van der Waals surface area contributed by atoms with Crippen LogP contribution in [0.25, 0.3) is 6.08 Å². The van der Waals surface area contributed by atoms with E-state index in [9.17, 15) is 4.79 Å². The summed E-state index contributed by atoms with van der Waals surface area (Å²) in [6.45, 7) is 1.33. The van der Waals surface area contributed by atoms with Crippen molar-refractivity contribution in [2.24, 2.45) is 0 Å². The number of Topliss-reactive ketones (excluding diaryl/α,β-unsaturated/α-hetero) is 1. The first kappa shape index (κ1) is 19.0. The highest BCUT2D eigenvalue weighted by Crippen LogP contribution is 2.43. The maximum absolute atomic E-state index is 13.1. The smallest absolute Gasteiger partial charge is 0.231 e. The highest BCUT2D eigenvalue weighted by molar-refractivity contribution is 6.15. The second kappa shape index (κ2) is 7.69. The van der Waals surface area contributed by atoms with Crippen LogP contribution in [-0.2, 0) is 6.54 Å². The number of allylic oxidation sites excluding steroid dienone is 1. The van der Waals surface area contributed by atoms with E-state index in [1.807, 2.05) is 24.3 Å². The molecule has 30 heavy (non-hydrogen) atoms. The minimum absolute atomic E-state index is 0.129. The monoisotopic (exact) mass is 407 g/mol. The summed E-state index contributed by atoms with van der Waals surface area (Å²) >= 11 is 0. The molecule has 0 aromatic heterocycles. The Labute approximate surface area is 176 Å². The molecule has 0 bridgehead atoms. The van der Waals surface area contributed by atoms with Crippen molar-refractivity contribution < 1.29 is 23.7 Å². The van der Waals surface area contributed by atoms with Gasteiger partial charge in [0.1, 0.15) is 29.7 Å². The van der Waals surface area contributed by atoms with Gasteiger partial charge in [-0.1, -0.05) is 12.8 Å². The van der Waals surface area contributed by atoms with Gasteiger partial charge < -0.3 is 18.9 Å². The van der Waals surface area contributed by atoms with Gasteiger partial charge in [-0.15, -0.1) is 0 Å². The molecule has 6 nitrogen and oxygen atoms in total. The summed E-state index contributed by atoms with van der Waals surface area (Å²) < 4.78 is 22.9. The molecule has 0 unspecified atom stereocenters. The summed E-state index contributed by atoms with van der Waals surface area (Å²) in [5.41, 5.74) is 2.27. The fourth-order valence-electron chi connectivity index (χ4n) is 4.57. The summed E-state index contributed by atoms with van der Waals surface area (Å²) in [5, 5.41) is 0. The van der Waals surface area contributed by atoms with E-state index in [0.717, 1.165) is 23.4 Å². The largest absolute Gasteiger partial charge is 0.497 e. The van der Waals surface area contributed by atoms with E-state index in [2.05, 4.69) is 4.90 Å². The topological polar surface area (TPSA) is 57.2 Å². The Bertz CT molecular complexity index is 1020. The lowest BCUT2D eigenvalue weighted by Crippen LogP contribution is -2.39. The zero-order valence-corrected chi connectivity index (χ0v) is 17.3. The lowest BCUT2D eigenvalue weighted by molar-refractivity contribution is 0.0567. The van der Waals surface area contributed by atoms with Crippen molar-refractivity contribution >= 4 is 11.9 Å². The Balaban J connectivity index is 1.48. The minimum atomic E-state index is -0.129. The average molecular weight is 407 g/mol. The van der Waals surface area contributed by atoms with Crippen LogP contribution in [0.5, 0.6) is 23.0 Å². The zero-order valence-electron chi connectivity index (χ0n) is 17.3. The molecule has 0 radical (unpaired) electrons. The van der Waals surface area contributed by atoms with Crippen LogP contribution in [0.15, 0.2) is 36.1 Å². The van der Waals surface area contributed by atoms with Crippen LogP contribution in [0.2, 0.25) is 0 Å². The Kier molecular flexibility index (Phi) is 4.87. The Morgan fingerprint density at radius 2 is 1.93 bits per heavy atom. The number of carbonyl (C=O) groups excluding carboxylic acids is 1. The molecule has 0 N–H and O–H groups in total. The third-order valence-corrected chi connectivity index (χ3v) is 6.21. The quantitative estimate of drug-likeness (QED) is 0.700. The van der Waals surface area contributed by atoms with Gasteiger partial charge in [0.25, 0.3) is 0 Å². The molecule has 0 atom stereocenters. The minimum Gasteiger partial charge on any atom is -0.497 e. The predicted octanol–water partition coefficient (Wildman–Crippen LogP) is 4.41. The lowest BCUT2D eigenvalue weighted by atomic mass is 10.0. The second-order valence-electron chi connectivity index (χ2n) is 7.93. The van der Waals surface area contributed by atoms with Gasteiger partial charge in [0, 0.05) is 18.2 Å². The molecule has 5 rings (SSSR count). The average Bonchev–Trinajstić information content (AvgIpc) is 3.42. The number of hydrogen-bond donors (Lipinski definition) is 0. The van der Waals surface area contributed by atoms with E-state index >= 15 is 0 Å². The predicted molar refractivity (Wildman–Crippen MR) is 112 cm³/mol. The van der Waals surface area contributed by atoms with E-state index in [1.54, 1.807) is 26.4 Å². The number of benzene rings is 2. The first-order valence-electron chi connectivity index (χ1n) is 10.4. The van der Waals surface area contributed by atoms with Crippen LogP contribution < -0.4 is 18.9 Å². The van der Waals surface area contributed by atoms with Crippen molar-refractivity contribution in [2.45, 2.75) is 38.3 Å². The van der Waals surface area contributed by atoms with E-state index < -0.39 is 0 Å². The molecule has 2 aromatic carbocycles. The molecule has 2 heterocycles. The Morgan fingerprint density at radius 1 is 1.10 bits per heavy atom. The van der Waals surface area contributed by atoms with Crippen molar-refractivity contribution in [1.29, 1.82) is 0 Å². The third-order valence-electron chi connectivity index (χ3n) is 6.21. The van der Waals surface area contributed by atoms with E-state index in [1.165, 1.54) is 25.7 Å². The highest BCUT2D eigenvalue weighted by atomic mass is 16.5. The molecule has 2 aliphatic heterocycles. The molecule has 1 fully saturated rings. The number of rotatable bonds is 4. The van der Waals surface area contributed by atoms with Gasteiger partial charge in [0.2, 0.25) is 5.78 Å². The van der Waals surface area contributed by atoms with Crippen LogP contribution in [0.1, 0.15) is 47.2 Å². The zero-order chi connectivity index (χ0) is 20.7. The summed E-state index contributed by atoms with van der Waals surface area (Å²) in [7, 11) is 3.20. The second-order valence-corrected chi connectivity index (χ2v) is 7.93. The molecule has 1 saturated carbocycles. The van der Waals surface area contributed by atoms with Crippen molar-refractivity contribution in [3.8, 4) is 23.0 Å². The molecular weight excluding hydrogens is 382 g/mol. The van der Waals surface area contributed by atoms with Crippen molar-refractivity contribution in [2.75, 3.05) is 21.0 Å². The lowest BCUT2D eigenvalue weighted by Gasteiger charge is -2.33. The van der Waals surface area contributed by atoms with Gasteiger partial charge >= 0.3 is 0 Å². The van der Waals surface area contributed by atoms with Gasteiger partial charge in [0.15, 0.2) is 5.76 Å². The standard InChI is InChI=1S/C24H25NO5/c1-27-17-7-9-20(28-2)15(11-17)12-22-23(26)18-8-10-21-19(24(18)30-22)13-25(14-29-21)16-5-3-4-6-16/h7-12,16H,3-6,13-14H2,1-2H3/b22-12-. The summed E-state index contributed by atoms with van der Waals surface area (Å²) in [6.07, 6.45) is 6.66. The highest BCUT2D eigenvalue weighted by Gasteiger charge is 2.35. The summed E-state index contributed by atoms with van der Waals surface area (Å²) in [6, 6.07) is 9.68. The first-order chi connectivity index (χ1) is 14.7. The fraction of sp³-hybridized carbons (Fsp3) is 0.375. The van der Waals surface area contributed by atoms with Gasteiger partial charge in [-0.25, -0.2) is 0 Å². The van der Waals surface area contributed by atoms with Crippen LogP contribution in [0.3, 0.4) is 0 Å². The third kappa shape index (κ3) is 3.21. The number of ketones is 1. The van der Waals surface area contributed by atoms with E-state index in [4.69, 9.17) is 18.9 Å². The van der Waals surface area contributed by atoms with Gasteiger partial charge in [-0.3, -0.25) is 9.69 Å². The number of nitrogens with zero attached hydrogens (tertiary/aromatic N) is 1. The normalized spacial score (nSPS) is 19.9. The molecule has 0 spiro atoms. The van der Waals surface area contributed by atoms with Crippen molar-refractivity contribution in [3.63, 3.8) is 0 Å². The molecule has 3 aliphatic rings. The Morgan fingerprint density at radius 3 is 2.70 bits per heavy atom. The van der Waals surface area contributed by atoms with Gasteiger partial charge in [0.05, 0.1) is 25.3 Å². The molecule has 0 amide bonds. The summed E-state index contributed by atoms with van der Waals surface area (Å²) in [5.74, 6) is 2.90. The van der Waals surface area contributed by atoms with Gasteiger partial charge in [-0.2, -0.15) is 0 Å². The maximum Gasteiger partial charge on any atom is 0.231 e. The van der Waals surface area contributed by atoms with Crippen molar-refractivity contribution in [3.05, 3.63) is 52.8 Å². The molecule has 156 valence electrons.